The van der Waals surface area contributed by atoms with Crippen LogP contribution in [0.5, 0.6) is 0 Å². The molecule has 0 aliphatic rings. The zero-order chi connectivity index (χ0) is 16.5. The first-order valence-corrected chi connectivity index (χ1v) is 8.07. The second-order valence-corrected chi connectivity index (χ2v) is 5.51. The van der Waals surface area contributed by atoms with Crippen LogP contribution in [0, 0.1) is 0 Å². The lowest BCUT2D eigenvalue weighted by atomic mass is 9.86. The summed E-state index contributed by atoms with van der Waals surface area (Å²) in [5.41, 5.74) is 2.32. The van der Waals surface area contributed by atoms with E-state index in [0.717, 1.165) is 17.5 Å². The molecule has 0 aromatic heterocycles. The SMILES string of the molecule is CCCOC(COC(C)=O)C(c1ccccc1)c1ccccc1. The Labute approximate surface area is 138 Å². The van der Waals surface area contributed by atoms with Gasteiger partial charge in [0.2, 0.25) is 0 Å². The van der Waals surface area contributed by atoms with E-state index in [1.54, 1.807) is 0 Å². The third kappa shape index (κ3) is 5.22. The minimum absolute atomic E-state index is 0.0308. The van der Waals surface area contributed by atoms with E-state index in [1.807, 2.05) is 36.4 Å². The molecule has 3 nitrogen and oxygen atoms in total. The van der Waals surface area contributed by atoms with Crippen LogP contribution < -0.4 is 0 Å². The summed E-state index contributed by atoms with van der Waals surface area (Å²) in [4.78, 5) is 11.2. The molecule has 1 unspecified atom stereocenters. The van der Waals surface area contributed by atoms with Gasteiger partial charge in [0.15, 0.2) is 0 Å². The number of benzene rings is 2. The number of ether oxygens (including phenoxy) is 2. The molecule has 2 aromatic rings. The topological polar surface area (TPSA) is 35.5 Å². The van der Waals surface area contributed by atoms with Gasteiger partial charge in [0.25, 0.3) is 0 Å². The van der Waals surface area contributed by atoms with Crippen molar-refractivity contribution in [2.75, 3.05) is 13.2 Å². The van der Waals surface area contributed by atoms with Crippen LogP contribution in [0.25, 0.3) is 0 Å². The average molecular weight is 312 g/mol. The minimum Gasteiger partial charge on any atom is -0.463 e. The highest BCUT2D eigenvalue weighted by Crippen LogP contribution is 2.30. The minimum atomic E-state index is -0.282. The summed E-state index contributed by atoms with van der Waals surface area (Å²) in [6, 6.07) is 20.5. The Kier molecular flexibility index (Phi) is 6.82. The van der Waals surface area contributed by atoms with Gasteiger partial charge in [0, 0.05) is 19.4 Å². The molecular formula is C20H24O3. The van der Waals surface area contributed by atoms with Crippen LogP contribution in [0.3, 0.4) is 0 Å². The molecule has 1 atom stereocenters. The van der Waals surface area contributed by atoms with E-state index in [9.17, 15) is 4.79 Å². The Morgan fingerprint density at radius 2 is 1.48 bits per heavy atom. The van der Waals surface area contributed by atoms with E-state index in [-0.39, 0.29) is 24.6 Å². The molecule has 0 amide bonds. The highest BCUT2D eigenvalue weighted by atomic mass is 16.6. The van der Waals surface area contributed by atoms with Gasteiger partial charge >= 0.3 is 5.97 Å². The van der Waals surface area contributed by atoms with Crippen molar-refractivity contribution in [3.8, 4) is 0 Å². The molecule has 0 aliphatic carbocycles. The quantitative estimate of drug-likeness (QED) is 0.686. The Hall–Kier alpha value is -2.13. The maximum atomic E-state index is 11.2. The number of esters is 1. The third-order valence-corrected chi connectivity index (χ3v) is 3.68. The number of rotatable bonds is 8. The fraction of sp³-hybridized carbons (Fsp3) is 0.350. The van der Waals surface area contributed by atoms with Crippen molar-refractivity contribution in [1.29, 1.82) is 0 Å². The van der Waals surface area contributed by atoms with Gasteiger partial charge in [-0.3, -0.25) is 4.79 Å². The summed E-state index contributed by atoms with van der Waals surface area (Å²) in [5, 5.41) is 0. The third-order valence-electron chi connectivity index (χ3n) is 3.68. The van der Waals surface area contributed by atoms with Gasteiger partial charge in [-0.1, -0.05) is 67.6 Å². The molecule has 0 radical (unpaired) electrons. The Morgan fingerprint density at radius 3 is 1.91 bits per heavy atom. The molecule has 0 saturated carbocycles. The molecule has 23 heavy (non-hydrogen) atoms. The lowest BCUT2D eigenvalue weighted by molar-refractivity contribution is -0.145. The second kappa shape index (κ2) is 9.11. The largest absolute Gasteiger partial charge is 0.463 e. The van der Waals surface area contributed by atoms with Crippen LogP contribution in [0.1, 0.15) is 37.3 Å². The Morgan fingerprint density at radius 1 is 0.957 bits per heavy atom. The van der Waals surface area contributed by atoms with Gasteiger partial charge in [0.1, 0.15) is 12.7 Å². The van der Waals surface area contributed by atoms with Crippen molar-refractivity contribution in [3.63, 3.8) is 0 Å². The number of carbonyl (C=O) groups excluding carboxylic acids is 1. The molecule has 3 heteroatoms. The van der Waals surface area contributed by atoms with E-state index >= 15 is 0 Å². The van der Waals surface area contributed by atoms with Crippen molar-refractivity contribution in [2.45, 2.75) is 32.3 Å². The maximum absolute atomic E-state index is 11.2. The Bertz CT molecular complexity index is 541. The van der Waals surface area contributed by atoms with Crippen LogP contribution in [-0.4, -0.2) is 25.3 Å². The molecule has 122 valence electrons. The summed E-state index contributed by atoms with van der Waals surface area (Å²) in [5.74, 6) is -0.252. The highest BCUT2D eigenvalue weighted by Gasteiger charge is 2.26. The predicted octanol–water partition coefficient (Wildman–Crippen LogP) is 4.18. The Balaban J connectivity index is 2.33. The van der Waals surface area contributed by atoms with Crippen LogP contribution in [0.4, 0.5) is 0 Å². The predicted molar refractivity (Wildman–Crippen MR) is 91.4 cm³/mol. The lowest BCUT2D eigenvalue weighted by Gasteiger charge is -2.28. The first-order chi connectivity index (χ1) is 11.2. The molecule has 0 spiro atoms. The van der Waals surface area contributed by atoms with Crippen LogP contribution >= 0.6 is 0 Å². The van der Waals surface area contributed by atoms with Gasteiger partial charge in [-0.25, -0.2) is 0 Å². The molecule has 2 rings (SSSR count). The van der Waals surface area contributed by atoms with E-state index in [0.29, 0.717) is 6.61 Å². The van der Waals surface area contributed by atoms with Gasteiger partial charge in [0.05, 0.1) is 0 Å². The molecule has 0 saturated heterocycles. The number of carbonyl (C=O) groups is 1. The van der Waals surface area contributed by atoms with Crippen molar-refractivity contribution in [3.05, 3.63) is 71.8 Å². The molecular weight excluding hydrogens is 288 g/mol. The van der Waals surface area contributed by atoms with Gasteiger partial charge in [-0.15, -0.1) is 0 Å². The van der Waals surface area contributed by atoms with E-state index < -0.39 is 0 Å². The molecule has 0 fully saturated rings. The van der Waals surface area contributed by atoms with Gasteiger partial charge in [-0.2, -0.15) is 0 Å². The van der Waals surface area contributed by atoms with Crippen LogP contribution in [0.15, 0.2) is 60.7 Å². The van der Waals surface area contributed by atoms with E-state index in [2.05, 4.69) is 31.2 Å². The number of hydrogen-bond acceptors (Lipinski definition) is 3. The first kappa shape index (κ1) is 17.2. The summed E-state index contributed by atoms with van der Waals surface area (Å²) >= 11 is 0. The summed E-state index contributed by atoms with van der Waals surface area (Å²) in [7, 11) is 0. The second-order valence-electron chi connectivity index (χ2n) is 5.51. The standard InChI is InChI=1S/C20H24O3/c1-3-14-22-19(15-23-16(2)21)20(17-10-6-4-7-11-17)18-12-8-5-9-13-18/h4-13,19-20H,3,14-15H2,1-2H3. The molecule has 0 N–H and O–H groups in total. The average Bonchev–Trinajstić information content (AvgIpc) is 2.59. The normalized spacial score (nSPS) is 12.1. The smallest absolute Gasteiger partial charge is 0.302 e. The monoisotopic (exact) mass is 312 g/mol. The van der Waals surface area contributed by atoms with Crippen LogP contribution in [-0.2, 0) is 14.3 Å². The zero-order valence-electron chi connectivity index (χ0n) is 13.8. The fourth-order valence-corrected chi connectivity index (χ4v) is 2.65. The molecule has 0 bridgehead atoms. The molecule has 0 aliphatic heterocycles. The maximum Gasteiger partial charge on any atom is 0.302 e. The van der Waals surface area contributed by atoms with Crippen molar-refractivity contribution in [1.82, 2.24) is 0 Å². The summed E-state index contributed by atoms with van der Waals surface area (Å²) < 4.78 is 11.3. The fourth-order valence-electron chi connectivity index (χ4n) is 2.65. The van der Waals surface area contributed by atoms with E-state index in [4.69, 9.17) is 9.47 Å². The lowest BCUT2D eigenvalue weighted by Crippen LogP contribution is -2.30. The van der Waals surface area contributed by atoms with Gasteiger partial charge < -0.3 is 9.47 Å². The van der Waals surface area contributed by atoms with Crippen LogP contribution in [0.2, 0.25) is 0 Å². The van der Waals surface area contributed by atoms with Crippen molar-refractivity contribution >= 4 is 5.97 Å². The zero-order valence-corrected chi connectivity index (χ0v) is 13.8. The summed E-state index contributed by atoms with van der Waals surface area (Å²) in [6.45, 7) is 4.39. The summed E-state index contributed by atoms with van der Waals surface area (Å²) in [6.07, 6.45) is 0.719. The number of hydrogen-bond donors (Lipinski definition) is 0. The molecule has 0 heterocycles. The molecule has 2 aromatic carbocycles. The van der Waals surface area contributed by atoms with Crippen molar-refractivity contribution < 1.29 is 14.3 Å². The van der Waals surface area contributed by atoms with Gasteiger partial charge in [-0.05, 0) is 17.5 Å². The van der Waals surface area contributed by atoms with E-state index in [1.165, 1.54) is 6.92 Å². The highest BCUT2D eigenvalue weighted by molar-refractivity contribution is 5.65. The first-order valence-electron chi connectivity index (χ1n) is 8.07. The van der Waals surface area contributed by atoms with Crippen molar-refractivity contribution in [2.24, 2.45) is 0 Å².